The van der Waals surface area contributed by atoms with Gasteiger partial charge >= 0.3 is 5.97 Å². The Morgan fingerprint density at radius 1 is 0.886 bits per heavy atom. The number of amides is 2. The molecule has 1 fully saturated rings. The Morgan fingerprint density at radius 3 is 1.84 bits per heavy atom. The maximum atomic E-state index is 12.6. The fourth-order valence-electron chi connectivity index (χ4n) is 3.65. The molecular formula is C27H47N5O11S. The molecule has 44 heavy (non-hydrogen) atoms. The van der Waals surface area contributed by atoms with E-state index in [0.717, 1.165) is 29.7 Å². The Hall–Kier alpha value is -2.22. The number of aromatic nitrogens is 3. The highest BCUT2D eigenvalue weighted by molar-refractivity contribution is 8.00. The van der Waals surface area contributed by atoms with Crippen LogP contribution in [0.4, 0.5) is 0 Å². The normalized spacial score (nSPS) is 15.9. The summed E-state index contributed by atoms with van der Waals surface area (Å²) in [6.07, 6.45) is 2.66. The minimum absolute atomic E-state index is 0.00296. The highest BCUT2D eigenvalue weighted by Gasteiger charge is 2.39. The van der Waals surface area contributed by atoms with Gasteiger partial charge in [0.15, 0.2) is 0 Å². The molecule has 2 atom stereocenters. The van der Waals surface area contributed by atoms with Crippen molar-refractivity contribution in [1.82, 2.24) is 19.9 Å². The third kappa shape index (κ3) is 16.7. The quantitative estimate of drug-likeness (QED) is 0.0838. The molecule has 1 aliphatic heterocycles. The molecule has 2 heterocycles. The Kier molecular flexibility index (Phi) is 20.8. The molecule has 1 aromatic rings. The molecule has 252 valence electrons. The zero-order valence-corrected chi connectivity index (χ0v) is 26.3. The first-order chi connectivity index (χ1) is 21.4. The highest BCUT2D eigenvalue weighted by atomic mass is 32.2. The number of ether oxygens (including phenoxy) is 7. The maximum absolute atomic E-state index is 12.6. The predicted molar refractivity (Wildman–Crippen MR) is 158 cm³/mol. The second-order valence-electron chi connectivity index (χ2n) is 9.55. The number of hydrogen-bond acceptors (Lipinski definition) is 14. The van der Waals surface area contributed by atoms with Crippen LogP contribution in [0.5, 0.6) is 0 Å². The lowest BCUT2D eigenvalue weighted by molar-refractivity contribution is -0.139. The van der Waals surface area contributed by atoms with Crippen molar-refractivity contribution in [1.29, 1.82) is 0 Å². The van der Waals surface area contributed by atoms with Crippen LogP contribution >= 0.6 is 11.8 Å². The lowest BCUT2D eigenvalue weighted by atomic mass is 10.3. The number of rotatable bonds is 29. The number of thioether (sulfide) groups is 1. The van der Waals surface area contributed by atoms with E-state index in [2.05, 4.69) is 17.2 Å². The summed E-state index contributed by atoms with van der Waals surface area (Å²) in [4.78, 5) is 36.9. The molecule has 1 saturated heterocycles. The molecule has 0 bridgehead atoms. The lowest BCUT2D eigenvalue weighted by Crippen LogP contribution is -2.34. The lowest BCUT2D eigenvalue weighted by Gasteiger charge is -2.13. The topological polar surface area (TPSA) is 196 Å². The molecule has 0 spiro atoms. The van der Waals surface area contributed by atoms with Crippen LogP contribution in [0.1, 0.15) is 25.5 Å². The van der Waals surface area contributed by atoms with Crippen molar-refractivity contribution in [2.75, 3.05) is 98.2 Å². The molecule has 0 radical (unpaired) electrons. The van der Waals surface area contributed by atoms with Gasteiger partial charge in [-0.05, 0) is 6.42 Å². The zero-order valence-electron chi connectivity index (χ0n) is 25.5. The number of aliphatic carboxylic acids is 1. The van der Waals surface area contributed by atoms with Crippen LogP contribution in [0.2, 0.25) is 0 Å². The van der Waals surface area contributed by atoms with Crippen molar-refractivity contribution in [2.45, 2.75) is 44.1 Å². The van der Waals surface area contributed by atoms with E-state index in [-0.39, 0.29) is 30.5 Å². The molecule has 17 heteroatoms. The van der Waals surface area contributed by atoms with E-state index in [1.54, 1.807) is 10.9 Å². The average molecular weight is 650 g/mol. The number of nitrogens with two attached hydrogens (primary N) is 1. The molecule has 1 aliphatic rings. The van der Waals surface area contributed by atoms with Gasteiger partial charge in [-0.1, -0.05) is 12.1 Å². The van der Waals surface area contributed by atoms with Crippen LogP contribution in [-0.4, -0.2) is 152 Å². The van der Waals surface area contributed by atoms with Crippen LogP contribution < -0.4 is 5.73 Å². The van der Waals surface area contributed by atoms with Crippen LogP contribution in [0.15, 0.2) is 6.20 Å². The van der Waals surface area contributed by atoms with Gasteiger partial charge < -0.3 is 44.0 Å². The van der Waals surface area contributed by atoms with Gasteiger partial charge in [0.2, 0.25) is 11.8 Å². The number of carbonyl (C=O) groups excluding carboxylic acids is 2. The number of carboxylic acid groups (broad SMARTS) is 1. The second-order valence-corrected chi connectivity index (χ2v) is 10.8. The van der Waals surface area contributed by atoms with Gasteiger partial charge in [-0.15, -0.1) is 16.9 Å². The molecule has 0 aromatic carbocycles. The standard InChI is InChI=1S/C27H47N5O11S/c1-2-4-37-6-8-39-10-12-41-14-16-43-17-15-42-13-11-40-9-7-38-5-3-31-19-22(29-30-31)20-32-25(33)18-24(26(32)34)44-21-23(28)27(35)36/h19,23-24H,2-18,20-21,28H2,1H3,(H,35,36). The average Bonchev–Trinajstić information content (AvgIpc) is 3.57. The van der Waals surface area contributed by atoms with Crippen LogP contribution in [-0.2, 0) is 60.6 Å². The number of likely N-dealkylation sites (tertiary alicyclic amines) is 1. The molecule has 3 N–H and O–H groups in total. The summed E-state index contributed by atoms with van der Waals surface area (Å²) < 4.78 is 39.7. The predicted octanol–water partition coefficient (Wildman–Crippen LogP) is -0.423. The summed E-state index contributed by atoms with van der Waals surface area (Å²) in [5.41, 5.74) is 5.95. The summed E-state index contributed by atoms with van der Waals surface area (Å²) in [5, 5.41) is 16.3. The number of hydrogen-bond donors (Lipinski definition) is 2. The van der Waals surface area contributed by atoms with Crippen molar-refractivity contribution in [2.24, 2.45) is 5.73 Å². The summed E-state index contributed by atoms with van der Waals surface area (Å²) in [6, 6.07) is -1.09. The van der Waals surface area contributed by atoms with Gasteiger partial charge in [-0.2, -0.15) is 0 Å². The van der Waals surface area contributed by atoms with Gasteiger partial charge in [0.1, 0.15) is 11.7 Å². The molecule has 2 amide bonds. The van der Waals surface area contributed by atoms with E-state index in [1.807, 2.05) is 0 Å². The second kappa shape index (κ2) is 24.1. The fourth-order valence-corrected chi connectivity index (χ4v) is 4.76. The summed E-state index contributed by atoms with van der Waals surface area (Å²) in [5.74, 6) is -1.82. The molecule has 16 nitrogen and oxygen atoms in total. The van der Waals surface area contributed by atoms with Gasteiger partial charge in [-0.25, -0.2) is 4.68 Å². The third-order valence-corrected chi connectivity index (χ3v) is 7.27. The SMILES string of the molecule is CCCOCCOCCOCCOCCOCCOCCOCCn1cc(CN2C(=O)CC(SCC(N)C(=O)O)C2=O)nn1. The number of carboxylic acids is 1. The van der Waals surface area contributed by atoms with E-state index < -0.39 is 17.3 Å². The number of imide groups is 1. The monoisotopic (exact) mass is 649 g/mol. The van der Waals surface area contributed by atoms with Crippen molar-refractivity contribution >= 4 is 29.5 Å². The first kappa shape index (κ1) is 38.0. The van der Waals surface area contributed by atoms with Crippen molar-refractivity contribution in [3.8, 4) is 0 Å². The minimum atomic E-state index is -1.15. The smallest absolute Gasteiger partial charge is 0.321 e. The van der Waals surface area contributed by atoms with E-state index in [1.165, 1.54) is 0 Å². The Bertz CT molecular complexity index is 942. The maximum Gasteiger partial charge on any atom is 0.321 e. The van der Waals surface area contributed by atoms with Crippen molar-refractivity contribution in [3.63, 3.8) is 0 Å². The molecule has 0 aliphatic carbocycles. The van der Waals surface area contributed by atoms with Crippen molar-refractivity contribution < 1.29 is 52.6 Å². The molecule has 1 aromatic heterocycles. The molecule has 2 unspecified atom stereocenters. The Labute approximate surface area is 262 Å². The van der Waals surface area contributed by atoms with E-state index in [4.69, 9.17) is 44.0 Å². The van der Waals surface area contributed by atoms with Crippen molar-refractivity contribution in [3.05, 3.63) is 11.9 Å². The van der Waals surface area contributed by atoms with E-state index in [0.29, 0.717) is 98.1 Å². The van der Waals surface area contributed by atoms with Crippen LogP contribution in [0.25, 0.3) is 0 Å². The Morgan fingerprint density at radius 2 is 1.36 bits per heavy atom. The number of carbonyl (C=O) groups is 3. The van der Waals surface area contributed by atoms with Crippen LogP contribution in [0, 0.1) is 0 Å². The van der Waals surface area contributed by atoms with Crippen LogP contribution in [0.3, 0.4) is 0 Å². The number of nitrogens with zero attached hydrogens (tertiary/aromatic N) is 4. The minimum Gasteiger partial charge on any atom is -0.480 e. The molecule has 0 saturated carbocycles. The van der Waals surface area contributed by atoms with Gasteiger partial charge in [-0.3, -0.25) is 19.3 Å². The van der Waals surface area contributed by atoms with E-state index in [9.17, 15) is 14.4 Å². The summed E-state index contributed by atoms with van der Waals surface area (Å²) in [7, 11) is 0. The molecule has 2 rings (SSSR count). The zero-order chi connectivity index (χ0) is 31.8. The largest absolute Gasteiger partial charge is 0.480 e. The van der Waals surface area contributed by atoms with Gasteiger partial charge in [0, 0.05) is 18.8 Å². The Balaban J connectivity index is 1.38. The third-order valence-electron chi connectivity index (χ3n) is 5.95. The highest BCUT2D eigenvalue weighted by Crippen LogP contribution is 2.26. The summed E-state index contributed by atoms with van der Waals surface area (Å²) >= 11 is 1.08. The first-order valence-electron chi connectivity index (χ1n) is 14.8. The van der Waals surface area contributed by atoms with Gasteiger partial charge in [0.05, 0.1) is 110 Å². The van der Waals surface area contributed by atoms with E-state index >= 15 is 0 Å². The summed E-state index contributed by atoms with van der Waals surface area (Å²) in [6.45, 7) is 9.61. The van der Waals surface area contributed by atoms with Gasteiger partial charge in [0.25, 0.3) is 0 Å². The first-order valence-corrected chi connectivity index (χ1v) is 15.8. The molecular weight excluding hydrogens is 602 g/mol. The fraction of sp³-hybridized carbons (Fsp3) is 0.815.